The van der Waals surface area contributed by atoms with Crippen LogP contribution in [0.1, 0.15) is 49.4 Å². The number of aryl methyl sites for hydroxylation is 1. The number of hydrogen-bond donors (Lipinski definition) is 1. The summed E-state index contributed by atoms with van der Waals surface area (Å²) in [6.07, 6.45) is 3.15. The molecule has 0 bridgehead atoms. The summed E-state index contributed by atoms with van der Waals surface area (Å²) in [7, 11) is 0. The fourth-order valence-electron chi connectivity index (χ4n) is 4.39. The van der Waals surface area contributed by atoms with Crippen molar-refractivity contribution in [3.63, 3.8) is 0 Å². The highest BCUT2D eigenvalue weighted by Gasteiger charge is 2.27. The van der Waals surface area contributed by atoms with Gasteiger partial charge in [0.05, 0.1) is 11.0 Å². The van der Waals surface area contributed by atoms with Gasteiger partial charge in [0.2, 0.25) is 0 Å². The van der Waals surface area contributed by atoms with Crippen LogP contribution in [0.25, 0.3) is 11.0 Å². The summed E-state index contributed by atoms with van der Waals surface area (Å²) < 4.78 is 1.97. The van der Waals surface area contributed by atoms with E-state index in [2.05, 4.69) is 48.0 Å². The van der Waals surface area contributed by atoms with Crippen molar-refractivity contribution in [2.24, 2.45) is 0 Å². The maximum Gasteiger partial charge on any atom is 0.326 e. The predicted octanol–water partition coefficient (Wildman–Crippen LogP) is 4.43. The minimum Gasteiger partial charge on any atom is -0.306 e. The van der Waals surface area contributed by atoms with Gasteiger partial charge >= 0.3 is 5.69 Å². The van der Waals surface area contributed by atoms with E-state index in [4.69, 9.17) is 0 Å². The number of likely N-dealkylation sites (tertiary alicyclic amines) is 1. The number of aromatic nitrogens is 2. The molecule has 1 aliphatic rings. The van der Waals surface area contributed by atoms with Crippen LogP contribution in [-0.4, -0.2) is 27.5 Å². The lowest BCUT2D eigenvalue weighted by molar-refractivity contribution is 0.131. The molecule has 26 heavy (non-hydrogen) atoms. The molecule has 136 valence electrons. The molecule has 0 amide bonds. The van der Waals surface area contributed by atoms with Gasteiger partial charge in [0.25, 0.3) is 0 Å². The summed E-state index contributed by atoms with van der Waals surface area (Å²) in [4.78, 5) is 18.0. The number of piperidine rings is 1. The highest BCUT2D eigenvalue weighted by molar-refractivity contribution is 5.75. The van der Waals surface area contributed by atoms with Gasteiger partial charge in [-0.05, 0) is 43.9 Å². The molecular weight excluding hydrogens is 322 g/mol. The molecule has 4 heteroatoms. The molecule has 4 rings (SSSR count). The summed E-state index contributed by atoms with van der Waals surface area (Å²) in [5.41, 5.74) is 4.70. The quantitative estimate of drug-likeness (QED) is 0.757. The number of nitrogens with one attached hydrogen (secondary N) is 1. The lowest BCUT2D eigenvalue weighted by Crippen LogP contribution is -2.39. The Morgan fingerprint density at radius 1 is 1.08 bits per heavy atom. The van der Waals surface area contributed by atoms with E-state index in [-0.39, 0.29) is 11.7 Å². The van der Waals surface area contributed by atoms with Gasteiger partial charge in [-0.3, -0.25) is 9.47 Å². The highest BCUT2D eigenvalue weighted by atomic mass is 16.1. The van der Waals surface area contributed by atoms with Crippen molar-refractivity contribution in [1.29, 1.82) is 0 Å². The first kappa shape index (κ1) is 17.1. The van der Waals surface area contributed by atoms with E-state index in [1.54, 1.807) is 0 Å². The summed E-state index contributed by atoms with van der Waals surface area (Å²) in [5, 5.41) is 0. The molecule has 3 aromatic rings. The average molecular weight is 349 g/mol. The van der Waals surface area contributed by atoms with Crippen LogP contribution in [0.5, 0.6) is 0 Å². The van der Waals surface area contributed by atoms with Crippen LogP contribution in [0.4, 0.5) is 0 Å². The van der Waals surface area contributed by atoms with Crippen molar-refractivity contribution in [3.05, 3.63) is 70.1 Å². The van der Waals surface area contributed by atoms with Crippen LogP contribution in [0.2, 0.25) is 0 Å². The monoisotopic (exact) mass is 349 g/mol. The largest absolute Gasteiger partial charge is 0.326 e. The molecule has 1 aliphatic heterocycles. The molecule has 1 aromatic heterocycles. The van der Waals surface area contributed by atoms with E-state index in [1.807, 2.05) is 28.8 Å². The third kappa shape index (κ3) is 3.10. The van der Waals surface area contributed by atoms with Crippen molar-refractivity contribution in [2.45, 2.75) is 45.2 Å². The smallest absolute Gasteiger partial charge is 0.306 e. The third-order valence-corrected chi connectivity index (χ3v) is 5.78. The Morgan fingerprint density at radius 3 is 2.46 bits per heavy atom. The summed E-state index contributed by atoms with van der Waals surface area (Å²) >= 11 is 0. The molecule has 2 heterocycles. The van der Waals surface area contributed by atoms with Gasteiger partial charge in [-0.2, -0.15) is 0 Å². The van der Waals surface area contributed by atoms with Gasteiger partial charge in [-0.15, -0.1) is 0 Å². The Hall–Kier alpha value is -2.33. The number of fused-ring (bicyclic) bond motifs is 1. The number of imidazole rings is 1. The Bertz CT molecular complexity index is 930. The fourth-order valence-corrected chi connectivity index (χ4v) is 4.39. The maximum atomic E-state index is 12.5. The molecule has 2 aromatic carbocycles. The van der Waals surface area contributed by atoms with Gasteiger partial charge in [-0.25, -0.2) is 4.79 Å². The van der Waals surface area contributed by atoms with Gasteiger partial charge in [0, 0.05) is 25.2 Å². The fraction of sp³-hybridized carbons (Fsp3) is 0.409. The van der Waals surface area contributed by atoms with Crippen molar-refractivity contribution in [2.75, 3.05) is 13.1 Å². The zero-order valence-corrected chi connectivity index (χ0v) is 15.6. The Kier molecular flexibility index (Phi) is 4.68. The Labute approximate surface area is 154 Å². The topological polar surface area (TPSA) is 41.0 Å². The van der Waals surface area contributed by atoms with Crippen molar-refractivity contribution >= 4 is 11.0 Å². The third-order valence-electron chi connectivity index (χ3n) is 5.78. The van der Waals surface area contributed by atoms with Gasteiger partial charge in [-0.1, -0.05) is 48.9 Å². The zero-order valence-electron chi connectivity index (χ0n) is 15.6. The lowest BCUT2D eigenvalue weighted by Gasteiger charge is -2.38. The number of rotatable bonds is 4. The number of H-pyrrole nitrogens is 1. The number of nitrogens with zero attached hydrogens (tertiary/aromatic N) is 2. The standard InChI is InChI=1S/C22H27N3O/c1-3-20(17-10-8-16(2)9-11-17)24-14-12-18(13-15-24)25-21-7-5-4-6-19(21)23-22(25)26/h4-11,18,20H,3,12-15H2,1-2H3,(H,23,26). The molecule has 0 aliphatic carbocycles. The number of benzene rings is 2. The summed E-state index contributed by atoms with van der Waals surface area (Å²) in [6, 6.07) is 17.7. The number of hydrogen-bond acceptors (Lipinski definition) is 2. The van der Waals surface area contributed by atoms with Crippen LogP contribution in [0.3, 0.4) is 0 Å². The Balaban J connectivity index is 1.52. The molecule has 1 unspecified atom stereocenters. The van der Waals surface area contributed by atoms with Crippen molar-refractivity contribution < 1.29 is 0 Å². The first-order chi connectivity index (χ1) is 12.7. The van der Waals surface area contributed by atoms with E-state index in [0.717, 1.165) is 43.4 Å². The number of aromatic amines is 1. The molecule has 1 atom stereocenters. The van der Waals surface area contributed by atoms with Gasteiger partial charge in [0.15, 0.2) is 0 Å². The van der Waals surface area contributed by atoms with E-state index >= 15 is 0 Å². The minimum absolute atomic E-state index is 0.0234. The second kappa shape index (κ2) is 7.12. The molecule has 1 saturated heterocycles. The number of para-hydroxylation sites is 2. The van der Waals surface area contributed by atoms with Gasteiger partial charge < -0.3 is 4.98 Å². The van der Waals surface area contributed by atoms with E-state index in [1.165, 1.54) is 11.1 Å². The molecule has 1 N–H and O–H groups in total. The lowest BCUT2D eigenvalue weighted by atomic mass is 9.97. The highest BCUT2D eigenvalue weighted by Crippen LogP contribution is 2.31. The Morgan fingerprint density at radius 2 is 1.77 bits per heavy atom. The van der Waals surface area contributed by atoms with Crippen LogP contribution < -0.4 is 5.69 Å². The molecular formula is C22H27N3O. The zero-order chi connectivity index (χ0) is 18.1. The van der Waals surface area contributed by atoms with E-state index in [0.29, 0.717) is 6.04 Å². The molecule has 0 saturated carbocycles. The van der Waals surface area contributed by atoms with Crippen LogP contribution in [0, 0.1) is 6.92 Å². The van der Waals surface area contributed by atoms with Crippen LogP contribution >= 0.6 is 0 Å². The van der Waals surface area contributed by atoms with Crippen molar-refractivity contribution in [3.8, 4) is 0 Å². The first-order valence-corrected chi connectivity index (χ1v) is 9.67. The summed E-state index contributed by atoms with van der Waals surface area (Å²) in [6.45, 7) is 6.46. The second-order valence-electron chi connectivity index (χ2n) is 7.42. The normalized spacial score (nSPS) is 17.6. The molecule has 0 spiro atoms. The average Bonchev–Trinajstić information content (AvgIpc) is 3.00. The van der Waals surface area contributed by atoms with E-state index < -0.39 is 0 Å². The summed E-state index contributed by atoms with van der Waals surface area (Å²) in [5.74, 6) is 0. The molecule has 4 nitrogen and oxygen atoms in total. The molecule has 1 fully saturated rings. The van der Waals surface area contributed by atoms with Crippen molar-refractivity contribution in [1.82, 2.24) is 14.5 Å². The van der Waals surface area contributed by atoms with E-state index in [9.17, 15) is 4.79 Å². The second-order valence-corrected chi connectivity index (χ2v) is 7.42. The molecule has 0 radical (unpaired) electrons. The van der Waals surface area contributed by atoms with Crippen LogP contribution in [0.15, 0.2) is 53.3 Å². The minimum atomic E-state index is 0.0234. The maximum absolute atomic E-state index is 12.5. The first-order valence-electron chi connectivity index (χ1n) is 9.67. The SMILES string of the molecule is CCC(c1ccc(C)cc1)N1CCC(n2c(=O)[nH]c3ccccc32)CC1. The predicted molar refractivity (Wildman–Crippen MR) is 107 cm³/mol. The van der Waals surface area contributed by atoms with Gasteiger partial charge in [0.1, 0.15) is 0 Å². The van der Waals surface area contributed by atoms with Crippen LogP contribution in [-0.2, 0) is 0 Å².